The molecule has 0 saturated carbocycles. The molecule has 0 saturated heterocycles. The molecule has 4 rings (SSSR count). The molecular formula is C35H38ClN3O6S. The molecule has 0 heterocycles. The van der Waals surface area contributed by atoms with Gasteiger partial charge in [0.15, 0.2) is 0 Å². The number of carbonyl (C=O) groups excluding carboxylic acids is 2. The summed E-state index contributed by atoms with van der Waals surface area (Å²) < 4.78 is 40.3. The smallest absolute Gasteiger partial charge is 0.264 e. The molecule has 4 aromatic rings. The molecule has 0 bridgehead atoms. The zero-order valence-electron chi connectivity index (χ0n) is 26.1. The van der Waals surface area contributed by atoms with Crippen LogP contribution in [0.2, 0.25) is 5.02 Å². The predicted octanol–water partition coefficient (Wildman–Crippen LogP) is 5.72. The molecule has 0 aliphatic heterocycles. The van der Waals surface area contributed by atoms with E-state index in [-0.39, 0.29) is 35.2 Å². The van der Waals surface area contributed by atoms with Crippen LogP contribution in [0.1, 0.15) is 24.5 Å². The van der Waals surface area contributed by atoms with Gasteiger partial charge in [0.2, 0.25) is 11.8 Å². The standard InChI is InChI=1S/C35H38ClN3O6S/c1-4-22-37-35(41)32(23-26-12-6-5-7-13-26)38(24-27-14-8-9-15-30(27)36)34(40)25-39(31-16-10-11-17-33(31)45-3)46(42,43)29-20-18-28(44-2)19-21-29/h5-21,32H,4,22-25H2,1-3H3,(H,37,41)/t32-/m1/s1. The Morgan fingerprint density at radius 2 is 1.50 bits per heavy atom. The molecule has 0 unspecified atom stereocenters. The van der Waals surface area contributed by atoms with Crippen LogP contribution in [-0.4, -0.2) is 58.5 Å². The second kappa shape index (κ2) is 16.1. The van der Waals surface area contributed by atoms with Gasteiger partial charge in [-0.15, -0.1) is 0 Å². The summed E-state index contributed by atoms with van der Waals surface area (Å²) in [6.45, 7) is 1.70. The van der Waals surface area contributed by atoms with Crippen molar-refractivity contribution < 1.29 is 27.5 Å². The van der Waals surface area contributed by atoms with Crippen LogP contribution in [0, 0.1) is 0 Å². The minimum Gasteiger partial charge on any atom is -0.497 e. The Kier molecular flexibility index (Phi) is 12.1. The summed E-state index contributed by atoms with van der Waals surface area (Å²) >= 11 is 6.55. The van der Waals surface area contributed by atoms with Crippen molar-refractivity contribution in [2.45, 2.75) is 37.2 Å². The lowest BCUT2D eigenvalue weighted by molar-refractivity contribution is -0.140. The molecule has 46 heavy (non-hydrogen) atoms. The molecular weight excluding hydrogens is 626 g/mol. The van der Waals surface area contributed by atoms with Crippen molar-refractivity contribution in [3.8, 4) is 11.5 Å². The van der Waals surface area contributed by atoms with E-state index in [4.69, 9.17) is 21.1 Å². The van der Waals surface area contributed by atoms with Gasteiger partial charge in [0.1, 0.15) is 24.1 Å². The third-order valence-electron chi connectivity index (χ3n) is 7.40. The van der Waals surface area contributed by atoms with Crippen LogP contribution in [0.4, 0.5) is 5.69 Å². The number of amides is 2. The first-order chi connectivity index (χ1) is 22.2. The number of nitrogens with zero attached hydrogens (tertiary/aromatic N) is 2. The number of anilines is 1. The van der Waals surface area contributed by atoms with Crippen LogP contribution in [0.15, 0.2) is 108 Å². The highest BCUT2D eigenvalue weighted by Crippen LogP contribution is 2.33. The Morgan fingerprint density at radius 3 is 2.15 bits per heavy atom. The number of halogens is 1. The quantitative estimate of drug-likeness (QED) is 0.175. The van der Waals surface area contributed by atoms with E-state index in [1.54, 1.807) is 48.5 Å². The van der Waals surface area contributed by atoms with E-state index in [0.717, 1.165) is 9.87 Å². The lowest BCUT2D eigenvalue weighted by atomic mass is 10.0. The van der Waals surface area contributed by atoms with E-state index in [1.165, 1.54) is 43.4 Å². The Morgan fingerprint density at radius 1 is 0.848 bits per heavy atom. The van der Waals surface area contributed by atoms with Gasteiger partial charge in [0, 0.05) is 24.5 Å². The Balaban J connectivity index is 1.83. The van der Waals surface area contributed by atoms with E-state index in [2.05, 4.69) is 5.32 Å². The SMILES string of the molecule is CCCNC(=O)[C@@H](Cc1ccccc1)N(Cc1ccccc1Cl)C(=O)CN(c1ccccc1OC)S(=O)(=O)c1ccc(OC)cc1. The van der Waals surface area contributed by atoms with Gasteiger partial charge in [0.05, 0.1) is 24.8 Å². The minimum atomic E-state index is -4.32. The number of ether oxygens (including phenoxy) is 2. The molecule has 9 nitrogen and oxygen atoms in total. The van der Waals surface area contributed by atoms with Crippen molar-refractivity contribution in [1.82, 2.24) is 10.2 Å². The van der Waals surface area contributed by atoms with E-state index in [1.807, 2.05) is 37.3 Å². The number of hydrogen-bond acceptors (Lipinski definition) is 6. The average Bonchev–Trinajstić information content (AvgIpc) is 3.08. The maximum Gasteiger partial charge on any atom is 0.264 e. The number of methoxy groups -OCH3 is 2. The van der Waals surface area contributed by atoms with E-state index >= 15 is 0 Å². The van der Waals surface area contributed by atoms with Crippen molar-refractivity contribution in [3.05, 3.63) is 119 Å². The summed E-state index contributed by atoms with van der Waals surface area (Å²) in [7, 11) is -1.40. The number of benzene rings is 4. The first-order valence-corrected chi connectivity index (χ1v) is 16.7. The molecule has 4 aromatic carbocycles. The number of para-hydroxylation sites is 2. The van der Waals surface area contributed by atoms with Crippen LogP contribution in [-0.2, 0) is 32.6 Å². The highest BCUT2D eigenvalue weighted by molar-refractivity contribution is 7.92. The third kappa shape index (κ3) is 8.38. The Bertz CT molecular complexity index is 1720. The topological polar surface area (TPSA) is 105 Å². The lowest BCUT2D eigenvalue weighted by Crippen LogP contribution is -2.53. The molecule has 0 aliphatic carbocycles. The largest absolute Gasteiger partial charge is 0.497 e. The molecule has 2 amide bonds. The molecule has 242 valence electrons. The maximum atomic E-state index is 14.6. The second-order valence-corrected chi connectivity index (χ2v) is 12.7. The Hall–Kier alpha value is -4.54. The van der Waals surface area contributed by atoms with E-state index in [9.17, 15) is 18.0 Å². The van der Waals surface area contributed by atoms with Crippen LogP contribution < -0.4 is 19.1 Å². The highest BCUT2D eigenvalue weighted by atomic mass is 35.5. The van der Waals surface area contributed by atoms with E-state index in [0.29, 0.717) is 29.3 Å². The van der Waals surface area contributed by atoms with Crippen molar-refractivity contribution in [3.63, 3.8) is 0 Å². The van der Waals surface area contributed by atoms with Gasteiger partial charge >= 0.3 is 0 Å². The average molecular weight is 664 g/mol. The van der Waals surface area contributed by atoms with Crippen molar-refractivity contribution in [2.24, 2.45) is 0 Å². The first-order valence-electron chi connectivity index (χ1n) is 14.8. The molecule has 1 atom stereocenters. The summed E-state index contributed by atoms with van der Waals surface area (Å²) in [6.07, 6.45) is 0.899. The molecule has 0 aliphatic rings. The second-order valence-electron chi connectivity index (χ2n) is 10.5. The number of carbonyl (C=O) groups is 2. The third-order valence-corrected chi connectivity index (χ3v) is 9.54. The molecule has 11 heteroatoms. The molecule has 1 N–H and O–H groups in total. The lowest BCUT2D eigenvalue weighted by Gasteiger charge is -2.34. The van der Waals surface area contributed by atoms with Crippen molar-refractivity contribution >= 4 is 39.1 Å². The number of nitrogens with one attached hydrogen (secondary N) is 1. The summed E-state index contributed by atoms with van der Waals surface area (Å²) in [5.41, 5.74) is 1.62. The van der Waals surface area contributed by atoms with Crippen molar-refractivity contribution in [1.29, 1.82) is 0 Å². The summed E-state index contributed by atoms with van der Waals surface area (Å²) in [5.74, 6) is -0.221. The predicted molar refractivity (Wildman–Crippen MR) is 180 cm³/mol. The number of sulfonamides is 1. The monoisotopic (exact) mass is 663 g/mol. The normalized spacial score (nSPS) is 11.7. The van der Waals surface area contributed by atoms with Crippen LogP contribution in [0.25, 0.3) is 0 Å². The van der Waals surface area contributed by atoms with Gasteiger partial charge < -0.3 is 19.7 Å². The fraction of sp³-hybridized carbons (Fsp3) is 0.257. The molecule has 0 spiro atoms. The summed E-state index contributed by atoms with van der Waals surface area (Å²) in [5, 5.41) is 3.35. The zero-order valence-corrected chi connectivity index (χ0v) is 27.6. The Labute approximate surface area is 275 Å². The fourth-order valence-corrected chi connectivity index (χ4v) is 6.57. The van der Waals surface area contributed by atoms with Gasteiger partial charge in [-0.2, -0.15) is 0 Å². The van der Waals surface area contributed by atoms with Crippen LogP contribution in [0.5, 0.6) is 11.5 Å². The van der Waals surface area contributed by atoms with Gasteiger partial charge in [-0.1, -0.05) is 79.2 Å². The van der Waals surface area contributed by atoms with Gasteiger partial charge in [-0.25, -0.2) is 8.42 Å². The summed E-state index contributed by atoms with van der Waals surface area (Å²) in [6, 6.07) is 27.9. The first kappa shape index (κ1) is 34.3. The molecule has 0 fully saturated rings. The summed E-state index contributed by atoms with van der Waals surface area (Å²) in [4.78, 5) is 29.7. The number of rotatable bonds is 15. The van der Waals surface area contributed by atoms with Crippen LogP contribution >= 0.6 is 11.6 Å². The highest BCUT2D eigenvalue weighted by Gasteiger charge is 2.35. The minimum absolute atomic E-state index is 0.0299. The van der Waals surface area contributed by atoms with Gasteiger partial charge in [-0.3, -0.25) is 13.9 Å². The number of hydrogen-bond donors (Lipinski definition) is 1. The van der Waals surface area contributed by atoms with Crippen molar-refractivity contribution in [2.75, 3.05) is 31.6 Å². The van der Waals surface area contributed by atoms with Gasteiger partial charge in [-0.05, 0) is 60.0 Å². The molecule has 0 radical (unpaired) electrons. The molecule has 0 aromatic heterocycles. The maximum absolute atomic E-state index is 14.6. The fourth-order valence-electron chi connectivity index (χ4n) is 4.95. The van der Waals surface area contributed by atoms with E-state index < -0.39 is 28.5 Å². The zero-order chi connectivity index (χ0) is 33.1. The van der Waals surface area contributed by atoms with Crippen LogP contribution in [0.3, 0.4) is 0 Å². The van der Waals surface area contributed by atoms with Gasteiger partial charge in [0.25, 0.3) is 10.0 Å².